The van der Waals surface area contributed by atoms with Gasteiger partial charge in [0.05, 0.1) is 11.6 Å². The average molecular weight is 290 g/mol. The van der Waals surface area contributed by atoms with Crippen LogP contribution in [0.25, 0.3) is 0 Å². The minimum absolute atomic E-state index is 0.0695. The normalized spacial score (nSPS) is 24.3. The van der Waals surface area contributed by atoms with Gasteiger partial charge in [-0.1, -0.05) is 13.8 Å². The molecule has 1 fully saturated rings. The number of nitrogens with zero attached hydrogens (tertiary/aromatic N) is 1. The number of oxazole rings is 1. The van der Waals surface area contributed by atoms with Crippen LogP contribution in [-0.4, -0.2) is 17.2 Å². The predicted octanol–water partition coefficient (Wildman–Crippen LogP) is 4.01. The van der Waals surface area contributed by atoms with Crippen molar-refractivity contribution in [3.8, 4) is 0 Å². The summed E-state index contributed by atoms with van der Waals surface area (Å²) in [4.78, 5) is 4.18. The number of aromatic nitrogens is 1. The van der Waals surface area contributed by atoms with E-state index in [4.69, 9.17) is 4.42 Å². The molecule has 0 aromatic carbocycles. The highest BCUT2D eigenvalue weighted by Crippen LogP contribution is 2.43. The quantitative estimate of drug-likeness (QED) is 0.910. The van der Waals surface area contributed by atoms with Crippen molar-refractivity contribution in [3.05, 3.63) is 17.8 Å². The molecule has 1 aromatic heterocycles. The van der Waals surface area contributed by atoms with Crippen molar-refractivity contribution in [3.63, 3.8) is 0 Å². The highest BCUT2D eigenvalue weighted by molar-refractivity contribution is 5.13. The molecule has 0 amide bonds. The lowest BCUT2D eigenvalue weighted by molar-refractivity contribution is -0.182. The van der Waals surface area contributed by atoms with Crippen LogP contribution in [0, 0.1) is 5.92 Å². The summed E-state index contributed by atoms with van der Waals surface area (Å²) in [6.45, 7) is 4.67. The molecule has 3 nitrogen and oxygen atoms in total. The zero-order chi connectivity index (χ0) is 14.8. The maximum absolute atomic E-state index is 12.7. The first-order chi connectivity index (χ1) is 9.38. The maximum Gasteiger partial charge on any atom is 0.391 e. The van der Waals surface area contributed by atoms with E-state index >= 15 is 0 Å². The van der Waals surface area contributed by atoms with Gasteiger partial charge in [-0.2, -0.15) is 13.2 Å². The Morgan fingerprint density at radius 1 is 1.30 bits per heavy atom. The zero-order valence-electron chi connectivity index (χ0n) is 11.8. The molecule has 1 saturated carbocycles. The molecule has 1 heterocycles. The van der Waals surface area contributed by atoms with Crippen molar-refractivity contribution in [1.82, 2.24) is 10.3 Å². The summed E-state index contributed by atoms with van der Waals surface area (Å²) in [6, 6.07) is 0.334. The van der Waals surface area contributed by atoms with E-state index in [1.165, 1.54) is 6.39 Å². The Labute approximate surface area is 117 Å². The number of halogens is 3. The molecule has 0 atom stereocenters. The highest BCUT2D eigenvalue weighted by Gasteiger charge is 2.42. The molecule has 20 heavy (non-hydrogen) atoms. The fourth-order valence-corrected chi connectivity index (χ4v) is 2.73. The van der Waals surface area contributed by atoms with Crippen molar-refractivity contribution in [2.75, 3.05) is 0 Å². The van der Waals surface area contributed by atoms with Gasteiger partial charge < -0.3 is 9.73 Å². The van der Waals surface area contributed by atoms with E-state index in [2.05, 4.69) is 10.3 Å². The fraction of sp³-hybridized carbons (Fsp3) is 0.786. The highest BCUT2D eigenvalue weighted by atomic mass is 19.4. The molecule has 0 saturated heterocycles. The van der Waals surface area contributed by atoms with Gasteiger partial charge in [0.1, 0.15) is 5.76 Å². The summed E-state index contributed by atoms with van der Waals surface area (Å²) in [5.74, 6) is -0.322. The molecule has 0 spiro atoms. The van der Waals surface area contributed by atoms with Crippen LogP contribution in [0.1, 0.15) is 56.9 Å². The second kappa shape index (κ2) is 6.16. The van der Waals surface area contributed by atoms with E-state index in [-0.39, 0.29) is 18.8 Å². The second-order valence-electron chi connectivity index (χ2n) is 5.79. The summed E-state index contributed by atoms with van der Waals surface area (Å²) in [5, 5.41) is 3.26. The van der Waals surface area contributed by atoms with E-state index in [0.29, 0.717) is 25.4 Å². The van der Waals surface area contributed by atoms with E-state index in [0.717, 1.165) is 11.5 Å². The van der Waals surface area contributed by atoms with Crippen molar-refractivity contribution >= 4 is 0 Å². The van der Waals surface area contributed by atoms with Crippen LogP contribution in [0.3, 0.4) is 0 Å². The van der Waals surface area contributed by atoms with Gasteiger partial charge in [-0.25, -0.2) is 4.98 Å². The number of rotatable bonds is 4. The number of nitrogens with one attached hydrogen (secondary N) is 1. The first kappa shape index (κ1) is 15.4. The minimum Gasteiger partial charge on any atom is -0.448 e. The summed E-state index contributed by atoms with van der Waals surface area (Å²) >= 11 is 0. The molecule has 1 aliphatic rings. The van der Waals surface area contributed by atoms with Gasteiger partial charge in [0.15, 0.2) is 6.39 Å². The first-order valence-corrected chi connectivity index (χ1v) is 7.10. The topological polar surface area (TPSA) is 38.1 Å². The average Bonchev–Trinajstić information content (AvgIpc) is 2.83. The third kappa shape index (κ3) is 3.75. The number of hydrogen-bond donors (Lipinski definition) is 1. The zero-order valence-corrected chi connectivity index (χ0v) is 11.8. The van der Waals surface area contributed by atoms with Gasteiger partial charge in [0.25, 0.3) is 0 Å². The molecule has 0 radical (unpaired) electrons. The van der Waals surface area contributed by atoms with Crippen LogP contribution in [0.5, 0.6) is 0 Å². The molecule has 1 aliphatic carbocycles. The lowest BCUT2D eigenvalue weighted by Gasteiger charge is -2.29. The summed E-state index contributed by atoms with van der Waals surface area (Å²) in [6.07, 6.45) is -1.25. The van der Waals surface area contributed by atoms with E-state index in [1.807, 2.05) is 13.8 Å². The Morgan fingerprint density at radius 2 is 1.95 bits per heavy atom. The van der Waals surface area contributed by atoms with Crippen LogP contribution in [0.15, 0.2) is 10.8 Å². The Bertz CT molecular complexity index is 420. The predicted molar refractivity (Wildman–Crippen MR) is 69.2 cm³/mol. The van der Waals surface area contributed by atoms with Gasteiger partial charge in [0, 0.05) is 18.5 Å². The van der Waals surface area contributed by atoms with Gasteiger partial charge in [-0.15, -0.1) is 0 Å². The molecule has 0 aliphatic heterocycles. The summed E-state index contributed by atoms with van der Waals surface area (Å²) < 4.78 is 43.4. The van der Waals surface area contributed by atoms with Gasteiger partial charge in [-0.3, -0.25) is 0 Å². The van der Waals surface area contributed by atoms with E-state index in [9.17, 15) is 13.2 Å². The van der Waals surface area contributed by atoms with Crippen LogP contribution in [-0.2, 0) is 6.54 Å². The Hall–Kier alpha value is -1.04. The third-order valence-electron chi connectivity index (χ3n) is 3.91. The van der Waals surface area contributed by atoms with Crippen molar-refractivity contribution in [2.45, 2.75) is 64.2 Å². The van der Waals surface area contributed by atoms with Gasteiger partial charge >= 0.3 is 6.18 Å². The SMILES string of the molecule is CC(C)NCc1ncoc1C1CCC(C(F)(F)F)CC1. The number of alkyl halides is 3. The summed E-state index contributed by atoms with van der Waals surface area (Å²) in [5.41, 5.74) is 0.828. The third-order valence-corrected chi connectivity index (χ3v) is 3.91. The van der Waals surface area contributed by atoms with E-state index < -0.39 is 12.1 Å². The molecule has 6 heteroatoms. The van der Waals surface area contributed by atoms with Crippen LogP contribution < -0.4 is 5.32 Å². The summed E-state index contributed by atoms with van der Waals surface area (Å²) in [7, 11) is 0. The molecule has 2 rings (SSSR count). The molecule has 114 valence electrons. The van der Waals surface area contributed by atoms with Crippen molar-refractivity contribution in [1.29, 1.82) is 0 Å². The van der Waals surface area contributed by atoms with Gasteiger partial charge in [-0.05, 0) is 25.7 Å². The molecular weight excluding hydrogens is 269 g/mol. The van der Waals surface area contributed by atoms with Crippen molar-refractivity contribution in [2.24, 2.45) is 5.92 Å². The molecule has 1 aromatic rings. The monoisotopic (exact) mass is 290 g/mol. The molecule has 1 N–H and O–H groups in total. The van der Waals surface area contributed by atoms with Gasteiger partial charge in [0.2, 0.25) is 0 Å². The largest absolute Gasteiger partial charge is 0.448 e. The second-order valence-corrected chi connectivity index (χ2v) is 5.79. The molecule has 0 bridgehead atoms. The minimum atomic E-state index is -4.06. The Kier molecular flexibility index (Phi) is 4.73. The Morgan fingerprint density at radius 3 is 2.50 bits per heavy atom. The van der Waals surface area contributed by atoms with Crippen LogP contribution in [0.4, 0.5) is 13.2 Å². The lowest BCUT2D eigenvalue weighted by Crippen LogP contribution is -2.28. The fourth-order valence-electron chi connectivity index (χ4n) is 2.73. The van der Waals surface area contributed by atoms with Crippen LogP contribution in [0.2, 0.25) is 0 Å². The smallest absolute Gasteiger partial charge is 0.391 e. The van der Waals surface area contributed by atoms with E-state index in [1.54, 1.807) is 0 Å². The first-order valence-electron chi connectivity index (χ1n) is 7.10. The standard InChI is InChI=1S/C14H21F3N2O/c1-9(2)18-7-12-13(20-8-19-12)10-3-5-11(6-4-10)14(15,16)17/h8-11,18H,3-7H2,1-2H3. The lowest BCUT2D eigenvalue weighted by atomic mass is 9.80. The molecular formula is C14H21F3N2O. The van der Waals surface area contributed by atoms with Crippen LogP contribution >= 0.6 is 0 Å². The molecule has 0 unspecified atom stereocenters. The van der Waals surface area contributed by atoms with Crippen molar-refractivity contribution < 1.29 is 17.6 Å². The maximum atomic E-state index is 12.7. The Balaban J connectivity index is 1.95. The number of hydrogen-bond acceptors (Lipinski definition) is 3.